The van der Waals surface area contributed by atoms with Crippen LogP contribution in [-0.2, 0) is 16.9 Å². The third-order valence-electron chi connectivity index (χ3n) is 4.00. The van der Waals surface area contributed by atoms with Crippen LogP contribution in [0.5, 0.6) is 5.75 Å². The van der Waals surface area contributed by atoms with Crippen molar-refractivity contribution in [3.8, 4) is 5.75 Å². The predicted octanol–water partition coefficient (Wildman–Crippen LogP) is 2.96. The summed E-state index contributed by atoms with van der Waals surface area (Å²) in [6, 6.07) is 17.1. The Morgan fingerprint density at radius 1 is 1.11 bits per heavy atom. The molecule has 0 aliphatic heterocycles. The quantitative estimate of drug-likeness (QED) is 0.697. The second-order valence-electron chi connectivity index (χ2n) is 6.55. The Morgan fingerprint density at radius 3 is 2.41 bits per heavy atom. The summed E-state index contributed by atoms with van der Waals surface area (Å²) in [5.41, 5.74) is 6.92. The van der Waals surface area contributed by atoms with E-state index in [1.807, 2.05) is 68.7 Å². The van der Waals surface area contributed by atoms with Crippen molar-refractivity contribution in [2.45, 2.75) is 19.0 Å². The first-order chi connectivity index (χ1) is 11.9. The first kappa shape index (κ1) is 25.2. The van der Waals surface area contributed by atoms with Crippen LogP contribution in [0.4, 0.5) is 0 Å². The van der Waals surface area contributed by atoms with Gasteiger partial charge in [0.1, 0.15) is 17.9 Å². The molecule has 0 spiro atoms. The van der Waals surface area contributed by atoms with Crippen LogP contribution in [-0.4, -0.2) is 38.1 Å². The van der Waals surface area contributed by atoms with E-state index in [2.05, 4.69) is 10.2 Å². The van der Waals surface area contributed by atoms with E-state index in [1.54, 1.807) is 6.92 Å². The predicted molar refractivity (Wildman–Crippen MR) is 115 cm³/mol. The van der Waals surface area contributed by atoms with E-state index in [1.165, 1.54) is 0 Å². The number of nitrogens with zero attached hydrogens (tertiary/aromatic N) is 1. The molecule has 0 aliphatic rings. The van der Waals surface area contributed by atoms with Crippen LogP contribution in [0.3, 0.4) is 0 Å². The largest absolute Gasteiger partial charge is 0.492 e. The molecule has 0 fully saturated rings. The molecule has 1 unspecified atom stereocenters. The molecule has 1 atom stereocenters. The molecule has 2 rings (SSSR count). The summed E-state index contributed by atoms with van der Waals surface area (Å²) >= 11 is 0. The Hall–Kier alpha value is -1.79. The summed E-state index contributed by atoms with van der Waals surface area (Å²) in [5.74, 6) is 0.588. The number of nitrogens with one attached hydrogen (secondary N) is 1. The van der Waals surface area contributed by atoms with Gasteiger partial charge >= 0.3 is 0 Å². The minimum atomic E-state index is -1.07. The molecule has 0 aromatic heterocycles. The molecule has 150 valence electrons. The maximum Gasteiger partial charge on any atom is 0.244 e. The number of nitrogens with two attached hydrogens (primary N) is 1. The Kier molecular flexibility index (Phi) is 11.0. The highest BCUT2D eigenvalue weighted by Crippen LogP contribution is 2.18. The number of hydrogen-bond acceptors (Lipinski definition) is 4. The zero-order valence-electron chi connectivity index (χ0n) is 16.0. The minimum Gasteiger partial charge on any atom is -0.492 e. The van der Waals surface area contributed by atoms with E-state index in [9.17, 15) is 4.79 Å². The van der Waals surface area contributed by atoms with Crippen LogP contribution in [0, 0.1) is 0 Å². The van der Waals surface area contributed by atoms with E-state index in [-0.39, 0.29) is 30.7 Å². The molecule has 0 aliphatic carbocycles. The highest BCUT2D eigenvalue weighted by atomic mass is 35.5. The number of benzene rings is 2. The first-order valence-electron chi connectivity index (χ1n) is 8.39. The maximum atomic E-state index is 12.5. The highest BCUT2D eigenvalue weighted by molar-refractivity contribution is 5.87. The summed E-state index contributed by atoms with van der Waals surface area (Å²) in [6.45, 7) is 3.60. The van der Waals surface area contributed by atoms with Crippen molar-refractivity contribution < 1.29 is 9.53 Å². The lowest BCUT2D eigenvalue weighted by Gasteiger charge is -2.24. The zero-order chi connectivity index (χ0) is 18.3. The first-order valence-corrected chi connectivity index (χ1v) is 8.39. The highest BCUT2D eigenvalue weighted by Gasteiger charge is 2.29. The van der Waals surface area contributed by atoms with E-state index < -0.39 is 5.54 Å². The molecule has 5 nitrogen and oxygen atoms in total. The fraction of sp³-hybridized carbons (Fsp3) is 0.350. The van der Waals surface area contributed by atoms with Crippen molar-refractivity contribution >= 4 is 30.7 Å². The van der Waals surface area contributed by atoms with Gasteiger partial charge in [0.15, 0.2) is 0 Å². The van der Waals surface area contributed by atoms with Crippen LogP contribution in [0.15, 0.2) is 54.6 Å². The van der Waals surface area contributed by atoms with Gasteiger partial charge in [-0.1, -0.05) is 42.5 Å². The second-order valence-corrected chi connectivity index (χ2v) is 6.55. The Labute approximate surface area is 174 Å². The van der Waals surface area contributed by atoms with Crippen LogP contribution >= 0.6 is 24.8 Å². The van der Waals surface area contributed by atoms with Gasteiger partial charge in [0.05, 0.1) is 0 Å². The molecule has 3 N–H and O–H groups in total. The Morgan fingerprint density at radius 2 is 1.78 bits per heavy atom. The average molecular weight is 414 g/mol. The lowest BCUT2D eigenvalue weighted by atomic mass is 9.92. The molecule has 0 saturated carbocycles. The maximum absolute atomic E-state index is 12.5. The summed E-state index contributed by atoms with van der Waals surface area (Å²) in [5, 5.41) is 2.91. The summed E-state index contributed by atoms with van der Waals surface area (Å²) in [7, 11) is 4.01. The lowest BCUT2D eigenvalue weighted by molar-refractivity contribution is -0.126. The van der Waals surface area contributed by atoms with E-state index in [0.29, 0.717) is 13.2 Å². The third kappa shape index (κ3) is 7.77. The number of rotatable bonds is 8. The molecule has 0 saturated heterocycles. The summed E-state index contributed by atoms with van der Waals surface area (Å²) in [4.78, 5) is 14.6. The number of hydrogen-bond donors (Lipinski definition) is 2. The van der Waals surface area contributed by atoms with Gasteiger partial charge in [0.2, 0.25) is 5.91 Å². The van der Waals surface area contributed by atoms with Gasteiger partial charge in [-0.3, -0.25) is 4.79 Å². The Balaban J connectivity index is 0.00000338. The molecule has 0 heterocycles. The normalized spacial score (nSPS) is 12.3. The van der Waals surface area contributed by atoms with Gasteiger partial charge in [-0.15, -0.1) is 24.8 Å². The zero-order valence-corrected chi connectivity index (χ0v) is 17.6. The van der Waals surface area contributed by atoms with Gasteiger partial charge < -0.3 is 20.7 Å². The molecule has 0 radical (unpaired) electrons. The van der Waals surface area contributed by atoms with E-state index in [4.69, 9.17) is 10.5 Å². The van der Waals surface area contributed by atoms with E-state index >= 15 is 0 Å². The molecule has 1 amide bonds. The number of ether oxygens (including phenoxy) is 1. The smallest absolute Gasteiger partial charge is 0.244 e. The Bertz CT molecular complexity index is 695. The number of carbonyl (C=O) groups excluding carboxylic acids is 1. The van der Waals surface area contributed by atoms with Crippen molar-refractivity contribution in [3.05, 3.63) is 65.7 Å². The molecule has 27 heavy (non-hydrogen) atoms. The standard InChI is InChI=1S/C20H27N3O2.2ClH/c1-20(21,17-9-5-4-6-10-17)19(24)22-15-16-8-7-11-18(14-16)25-13-12-23(2)3;;/h4-11,14H,12-13,15,21H2,1-3H3,(H,22,24);2*1H. The van der Waals surface area contributed by atoms with Crippen molar-refractivity contribution in [2.75, 3.05) is 27.2 Å². The fourth-order valence-electron chi connectivity index (χ4n) is 2.37. The van der Waals surface area contributed by atoms with Crippen LogP contribution in [0.1, 0.15) is 18.1 Å². The van der Waals surface area contributed by atoms with E-state index in [0.717, 1.165) is 23.4 Å². The minimum absolute atomic E-state index is 0. The molecule has 0 bridgehead atoms. The number of amides is 1. The van der Waals surface area contributed by atoms with Gasteiger partial charge in [0, 0.05) is 13.1 Å². The number of likely N-dealkylation sites (N-methyl/N-ethyl adjacent to an activating group) is 1. The van der Waals surface area contributed by atoms with Gasteiger partial charge in [-0.25, -0.2) is 0 Å². The van der Waals surface area contributed by atoms with Gasteiger partial charge in [-0.2, -0.15) is 0 Å². The van der Waals surface area contributed by atoms with Crippen LogP contribution in [0.2, 0.25) is 0 Å². The SMILES string of the molecule is CN(C)CCOc1cccc(CNC(=O)C(C)(N)c2ccccc2)c1.Cl.Cl. The van der Waals surface area contributed by atoms with Gasteiger partial charge in [-0.05, 0) is 44.3 Å². The van der Waals surface area contributed by atoms with Crippen molar-refractivity contribution in [1.82, 2.24) is 10.2 Å². The number of carbonyl (C=O) groups is 1. The fourth-order valence-corrected chi connectivity index (χ4v) is 2.37. The molecule has 2 aromatic rings. The number of halogens is 2. The average Bonchev–Trinajstić information content (AvgIpc) is 2.60. The van der Waals surface area contributed by atoms with Gasteiger partial charge in [0.25, 0.3) is 0 Å². The summed E-state index contributed by atoms with van der Waals surface area (Å²) < 4.78 is 5.72. The summed E-state index contributed by atoms with van der Waals surface area (Å²) in [6.07, 6.45) is 0. The molecule has 2 aromatic carbocycles. The van der Waals surface area contributed by atoms with Crippen molar-refractivity contribution in [3.63, 3.8) is 0 Å². The second kappa shape index (κ2) is 11.8. The topological polar surface area (TPSA) is 67.6 Å². The lowest BCUT2D eigenvalue weighted by Crippen LogP contribution is -2.48. The monoisotopic (exact) mass is 413 g/mol. The molecular formula is C20H29Cl2N3O2. The molecule has 7 heteroatoms. The van der Waals surface area contributed by atoms with Crippen LogP contribution in [0.25, 0.3) is 0 Å². The van der Waals surface area contributed by atoms with Crippen molar-refractivity contribution in [1.29, 1.82) is 0 Å². The molecular weight excluding hydrogens is 385 g/mol. The third-order valence-corrected chi connectivity index (χ3v) is 4.00. The van der Waals surface area contributed by atoms with Crippen molar-refractivity contribution in [2.24, 2.45) is 5.73 Å². The van der Waals surface area contributed by atoms with Crippen LogP contribution < -0.4 is 15.8 Å².